The van der Waals surface area contributed by atoms with Crippen LogP contribution in [-0.4, -0.2) is 12.6 Å². The van der Waals surface area contributed by atoms with Crippen LogP contribution in [-0.2, 0) is 11.3 Å². The van der Waals surface area contributed by atoms with Gasteiger partial charge in [-0.1, -0.05) is 0 Å². The second kappa shape index (κ2) is 6.73. The highest BCUT2D eigenvalue weighted by atomic mass is 32.1. The summed E-state index contributed by atoms with van der Waals surface area (Å²) < 4.78 is 4.92. The monoisotopic (exact) mass is 286 g/mol. The quantitative estimate of drug-likeness (QED) is 0.856. The van der Waals surface area contributed by atoms with Crippen molar-refractivity contribution >= 4 is 23.0 Å². The van der Waals surface area contributed by atoms with E-state index in [1.807, 2.05) is 24.3 Å². The van der Waals surface area contributed by atoms with Gasteiger partial charge in [0.1, 0.15) is 10.9 Å². The molecule has 0 aliphatic rings. The number of nitriles is 1. The second-order valence-electron chi connectivity index (χ2n) is 4.03. The van der Waals surface area contributed by atoms with Crippen LogP contribution in [0.15, 0.2) is 36.4 Å². The number of anilines is 1. The predicted octanol–water partition coefficient (Wildman–Crippen LogP) is 3.41. The molecule has 20 heavy (non-hydrogen) atoms. The van der Waals surface area contributed by atoms with Crippen molar-refractivity contribution in [2.45, 2.75) is 13.5 Å². The lowest BCUT2D eigenvalue weighted by Gasteiger charge is -2.06. The molecule has 0 amide bonds. The molecule has 1 aromatic carbocycles. The molecule has 5 heteroatoms. The van der Waals surface area contributed by atoms with Crippen molar-refractivity contribution in [1.82, 2.24) is 0 Å². The molecule has 0 spiro atoms. The average Bonchev–Trinajstić information content (AvgIpc) is 2.94. The molecule has 0 fully saturated rings. The smallest absolute Gasteiger partial charge is 0.338 e. The Morgan fingerprint density at radius 1 is 1.30 bits per heavy atom. The Labute approximate surface area is 121 Å². The van der Waals surface area contributed by atoms with Crippen LogP contribution >= 0.6 is 11.3 Å². The van der Waals surface area contributed by atoms with E-state index in [1.165, 1.54) is 11.3 Å². The molecular formula is C15H14N2O2S. The zero-order valence-corrected chi connectivity index (χ0v) is 11.9. The van der Waals surface area contributed by atoms with Gasteiger partial charge in [-0.25, -0.2) is 4.79 Å². The van der Waals surface area contributed by atoms with Crippen LogP contribution in [0, 0.1) is 11.3 Å². The molecule has 2 aromatic rings. The number of benzene rings is 1. The summed E-state index contributed by atoms with van der Waals surface area (Å²) in [5, 5.41) is 12.0. The van der Waals surface area contributed by atoms with Gasteiger partial charge in [-0.2, -0.15) is 5.26 Å². The molecule has 102 valence electrons. The van der Waals surface area contributed by atoms with Gasteiger partial charge in [0.05, 0.1) is 12.2 Å². The van der Waals surface area contributed by atoms with E-state index in [1.54, 1.807) is 19.1 Å². The summed E-state index contributed by atoms with van der Waals surface area (Å²) in [4.78, 5) is 13.3. The molecule has 0 unspecified atom stereocenters. The van der Waals surface area contributed by atoms with Crippen molar-refractivity contribution in [1.29, 1.82) is 5.26 Å². The van der Waals surface area contributed by atoms with Crippen LogP contribution in [0.1, 0.15) is 27.0 Å². The molecule has 0 aliphatic carbocycles. The maximum atomic E-state index is 11.5. The van der Waals surface area contributed by atoms with E-state index in [-0.39, 0.29) is 5.97 Å². The molecule has 1 heterocycles. The minimum absolute atomic E-state index is 0.309. The third-order valence-corrected chi connectivity index (χ3v) is 3.62. The van der Waals surface area contributed by atoms with Crippen LogP contribution < -0.4 is 5.32 Å². The summed E-state index contributed by atoms with van der Waals surface area (Å²) in [6, 6.07) is 13.0. The summed E-state index contributed by atoms with van der Waals surface area (Å²) >= 11 is 1.47. The van der Waals surface area contributed by atoms with Crippen LogP contribution in [0.5, 0.6) is 0 Å². The molecule has 0 bridgehead atoms. The van der Waals surface area contributed by atoms with Gasteiger partial charge in [-0.3, -0.25) is 0 Å². The number of hydrogen-bond acceptors (Lipinski definition) is 5. The highest BCUT2D eigenvalue weighted by molar-refractivity contribution is 7.12. The first-order chi connectivity index (χ1) is 9.72. The van der Waals surface area contributed by atoms with Gasteiger partial charge in [0, 0.05) is 17.1 Å². The van der Waals surface area contributed by atoms with Gasteiger partial charge in [-0.15, -0.1) is 11.3 Å². The first-order valence-electron chi connectivity index (χ1n) is 6.23. The average molecular weight is 286 g/mol. The summed E-state index contributed by atoms with van der Waals surface area (Å²) in [6.45, 7) is 2.81. The number of rotatable bonds is 5. The number of ether oxygens (including phenoxy) is 1. The number of carbonyl (C=O) groups is 1. The van der Waals surface area contributed by atoms with E-state index < -0.39 is 0 Å². The SMILES string of the molecule is CCOC(=O)c1ccc(NCc2ccc(C#N)s2)cc1. The lowest BCUT2D eigenvalue weighted by molar-refractivity contribution is 0.0526. The van der Waals surface area contributed by atoms with Gasteiger partial charge in [-0.05, 0) is 43.3 Å². The van der Waals surface area contributed by atoms with Gasteiger partial charge in [0.25, 0.3) is 0 Å². The fourth-order valence-electron chi connectivity index (χ4n) is 1.66. The lowest BCUT2D eigenvalue weighted by Crippen LogP contribution is -2.04. The van der Waals surface area contributed by atoms with E-state index in [2.05, 4.69) is 11.4 Å². The Hall–Kier alpha value is -2.32. The Bertz CT molecular complexity index is 626. The standard InChI is InChI=1S/C15H14N2O2S/c1-2-19-15(18)11-3-5-12(6-4-11)17-10-14-8-7-13(9-16)20-14/h3-8,17H,2,10H2,1H3. The maximum Gasteiger partial charge on any atom is 0.338 e. The summed E-state index contributed by atoms with van der Waals surface area (Å²) in [7, 11) is 0. The fourth-order valence-corrected chi connectivity index (χ4v) is 2.41. The van der Waals surface area contributed by atoms with Gasteiger partial charge in [0.15, 0.2) is 0 Å². The Morgan fingerprint density at radius 3 is 2.65 bits per heavy atom. The van der Waals surface area contributed by atoms with Gasteiger partial charge in [0.2, 0.25) is 0 Å². The molecular weight excluding hydrogens is 272 g/mol. The van der Waals surface area contributed by atoms with E-state index >= 15 is 0 Å². The number of carbonyl (C=O) groups excluding carboxylic acids is 1. The molecule has 4 nitrogen and oxygen atoms in total. The maximum absolute atomic E-state index is 11.5. The van der Waals surface area contributed by atoms with Crippen molar-refractivity contribution in [3.8, 4) is 6.07 Å². The summed E-state index contributed by atoms with van der Waals surface area (Å²) in [5.41, 5.74) is 1.46. The Morgan fingerprint density at radius 2 is 2.05 bits per heavy atom. The van der Waals surface area contributed by atoms with Crippen molar-refractivity contribution in [3.63, 3.8) is 0 Å². The number of nitrogens with zero attached hydrogens (tertiary/aromatic N) is 1. The first-order valence-corrected chi connectivity index (χ1v) is 7.04. The molecule has 1 N–H and O–H groups in total. The van der Waals surface area contributed by atoms with E-state index in [9.17, 15) is 4.79 Å². The highest BCUT2D eigenvalue weighted by Crippen LogP contribution is 2.17. The molecule has 0 radical (unpaired) electrons. The second-order valence-corrected chi connectivity index (χ2v) is 5.20. The third-order valence-electron chi connectivity index (χ3n) is 2.63. The highest BCUT2D eigenvalue weighted by Gasteiger charge is 2.05. The Balaban J connectivity index is 1.94. The van der Waals surface area contributed by atoms with Crippen molar-refractivity contribution in [2.24, 2.45) is 0 Å². The summed E-state index contributed by atoms with van der Waals surface area (Å²) in [6.07, 6.45) is 0. The lowest BCUT2D eigenvalue weighted by atomic mass is 10.2. The van der Waals surface area contributed by atoms with Crippen molar-refractivity contribution < 1.29 is 9.53 Å². The van der Waals surface area contributed by atoms with Crippen molar-refractivity contribution in [3.05, 3.63) is 51.7 Å². The topological polar surface area (TPSA) is 62.1 Å². The zero-order valence-electron chi connectivity index (χ0n) is 11.1. The molecule has 0 aliphatic heterocycles. The van der Waals surface area contributed by atoms with Crippen LogP contribution in [0.3, 0.4) is 0 Å². The number of nitrogens with one attached hydrogen (secondary N) is 1. The van der Waals surface area contributed by atoms with Crippen LogP contribution in [0.2, 0.25) is 0 Å². The van der Waals surface area contributed by atoms with E-state index in [4.69, 9.17) is 10.00 Å². The Kier molecular flexibility index (Phi) is 4.75. The van der Waals surface area contributed by atoms with Crippen LogP contribution in [0.4, 0.5) is 5.69 Å². The normalized spacial score (nSPS) is 9.80. The minimum Gasteiger partial charge on any atom is -0.462 e. The summed E-state index contributed by atoms with van der Waals surface area (Å²) in [5.74, 6) is -0.309. The predicted molar refractivity (Wildman–Crippen MR) is 78.8 cm³/mol. The molecule has 0 saturated heterocycles. The number of thiophene rings is 1. The van der Waals surface area contributed by atoms with E-state index in [0.717, 1.165) is 10.6 Å². The van der Waals surface area contributed by atoms with Gasteiger partial charge >= 0.3 is 5.97 Å². The molecule has 2 rings (SSSR count). The molecule has 1 aromatic heterocycles. The van der Waals surface area contributed by atoms with Gasteiger partial charge < -0.3 is 10.1 Å². The molecule has 0 saturated carbocycles. The fraction of sp³-hybridized carbons (Fsp3) is 0.200. The minimum atomic E-state index is -0.309. The number of hydrogen-bond donors (Lipinski definition) is 1. The molecule has 0 atom stereocenters. The number of esters is 1. The zero-order chi connectivity index (χ0) is 14.4. The van der Waals surface area contributed by atoms with E-state index in [0.29, 0.717) is 23.6 Å². The largest absolute Gasteiger partial charge is 0.462 e. The first kappa shape index (κ1) is 14.1. The van der Waals surface area contributed by atoms with Crippen LogP contribution in [0.25, 0.3) is 0 Å². The van der Waals surface area contributed by atoms with Crippen molar-refractivity contribution in [2.75, 3.05) is 11.9 Å². The third kappa shape index (κ3) is 3.59.